The summed E-state index contributed by atoms with van der Waals surface area (Å²) >= 11 is 0. The number of hydrogen-bond acceptors (Lipinski definition) is 0. The fraction of sp³-hybridized carbons (Fsp3) is 0.800. The van der Waals surface area contributed by atoms with Crippen molar-refractivity contribution in [3.05, 3.63) is 37.0 Å². The van der Waals surface area contributed by atoms with Gasteiger partial charge in [0.05, 0.1) is 0 Å². The molecule has 0 aromatic heterocycles. The Kier molecular flexibility index (Phi) is 6.19. The van der Waals surface area contributed by atoms with Gasteiger partial charge in [0.1, 0.15) is 0 Å². The third-order valence-electron chi connectivity index (χ3n) is 11.5. The summed E-state index contributed by atoms with van der Waals surface area (Å²) in [4.78, 5) is 0. The van der Waals surface area contributed by atoms with Gasteiger partial charge >= 0.3 is 0 Å². The minimum Gasteiger partial charge on any atom is -0.103 e. The molecule has 0 N–H and O–H groups in total. The van der Waals surface area contributed by atoms with Crippen LogP contribution in [-0.2, 0) is 0 Å². The molecule has 0 heterocycles. The standard InChI is InChI=1S/C30H48/c1-7-22(5)25-12-11-13-26-23-15-19-30(10-4)21-20-29(8-2,9-3)18-16-27(30)24(23)14-17-28(25,26)6/h7-8,10,23-27H,2,4,9,11-21H2,1,3,5-6H3/t23?,24-,25-,26-,27+,28+,29-,30?/m0/s1. The van der Waals surface area contributed by atoms with Gasteiger partial charge in [-0.2, -0.15) is 0 Å². The molecule has 0 bridgehead atoms. The minimum atomic E-state index is 0.380. The minimum absolute atomic E-state index is 0.380. The van der Waals surface area contributed by atoms with Gasteiger partial charge in [0, 0.05) is 0 Å². The number of hydrogen-bond donors (Lipinski definition) is 0. The van der Waals surface area contributed by atoms with Crippen LogP contribution in [0.25, 0.3) is 0 Å². The van der Waals surface area contributed by atoms with E-state index in [1.54, 1.807) is 5.57 Å². The van der Waals surface area contributed by atoms with Gasteiger partial charge in [-0.15, -0.1) is 13.2 Å². The van der Waals surface area contributed by atoms with E-state index in [4.69, 9.17) is 0 Å². The summed E-state index contributed by atoms with van der Waals surface area (Å²) in [6.45, 7) is 18.5. The first-order chi connectivity index (χ1) is 14.4. The molecule has 2 unspecified atom stereocenters. The quantitative estimate of drug-likeness (QED) is 0.407. The monoisotopic (exact) mass is 408 g/mol. The van der Waals surface area contributed by atoms with E-state index >= 15 is 0 Å². The van der Waals surface area contributed by atoms with E-state index in [2.05, 4.69) is 59.1 Å². The van der Waals surface area contributed by atoms with Crippen LogP contribution in [0.4, 0.5) is 0 Å². The molecule has 30 heavy (non-hydrogen) atoms. The summed E-state index contributed by atoms with van der Waals surface area (Å²) < 4.78 is 0. The lowest BCUT2D eigenvalue weighted by atomic mass is 9.43. The summed E-state index contributed by atoms with van der Waals surface area (Å²) in [6.07, 6.45) is 24.0. The van der Waals surface area contributed by atoms with Crippen LogP contribution in [0.3, 0.4) is 0 Å². The molecule has 0 heteroatoms. The maximum atomic E-state index is 4.45. The van der Waals surface area contributed by atoms with E-state index in [-0.39, 0.29) is 0 Å². The highest BCUT2D eigenvalue weighted by Crippen LogP contribution is 2.67. The predicted octanol–water partition coefficient (Wildman–Crippen LogP) is 9.14. The van der Waals surface area contributed by atoms with Crippen LogP contribution in [0.5, 0.6) is 0 Å². The van der Waals surface area contributed by atoms with Crippen LogP contribution in [-0.4, -0.2) is 0 Å². The average molecular weight is 409 g/mol. The largest absolute Gasteiger partial charge is 0.103 e. The van der Waals surface area contributed by atoms with Gasteiger partial charge < -0.3 is 0 Å². The summed E-state index contributed by atoms with van der Waals surface area (Å²) in [5.41, 5.74) is 3.00. The Labute approximate surface area is 187 Å². The van der Waals surface area contributed by atoms with Gasteiger partial charge in [-0.05, 0) is 130 Å². The van der Waals surface area contributed by atoms with Gasteiger partial charge in [-0.1, -0.05) is 44.1 Å². The molecule has 0 aromatic carbocycles. The molecule has 0 amide bonds. The smallest absolute Gasteiger partial charge is 0.00895 e. The maximum Gasteiger partial charge on any atom is -0.00895 e. The van der Waals surface area contributed by atoms with Crippen molar-refractivity contribution < 1.29 is 0 Å². The second kappa shape index (κ2) is 8.29. The lowest BCUT2D eigenvalue weighted by molar-refractivity contribution is -0.107. The molecule has 4 rings (SSSR count). The second-order valence-electron chi connectivity index (χ2n) is 12.0. The van der Waals surface area contributed by atoms with Crippen LogP contribution in [0.1, 0.15) is 105 Å². The van der Waals surface area contributed by atoms with Gasteiger partial charge in [0.15, 0.2) is 0 Å². The molecule has 0 spiro atoms. The zero-order valence-electron chi connectivity index (χ0n) is 20.5. The van der Waals surface area contributed by atoms with Crippen molar-refractivity contribution in [2.24, 2.45) is 45.8 Å². The van der Waals surface area contributed by atoms with Crippen LogP contribution in [0.15, 0.2) is 37.0 Å². The average Bonchev–Trinajstić information content (AvgIpc) is 2.95. The van der Waals surface area contributed by atoms with Gasteiger partial charge in [0.2, 0.25) is 0 Å². The van der Waals surface area contributed by atoms with Gasteiger partial charge in [-0.3, -0.25) is 0 Å². The van der Waals surface area contributed by atoms with Crippen molar-refractivity contribution in [3.63, 3.8) is 0 Å². The summed E-state index contributed by atoms with van der Waals surface area (Å²) in [6, 6.07) is 0. The number of fused-ring (bicyclic) bond motifs is 5. The Morgan fingerprint density at radius 2 is 1.60 bits per heavy atom. The predicted molar refractivity (Wildman–Crippen MR) is 131 cm³/mol. The van der Waals surface area contributed by atoms with E-state index < -0.39 is 0 Å². The molecule has 0 nitrogen and oxygen atoms in total. The van der Waals surface area contributed by atoms with Crippen molar-refractivity contribution in [3.8, 4) is 0 Å². The molecule has 0 saturated heterocycles. The highest BCUT2D eigenvalue weighted by molar-refractivity contribution is 5.17. The Hall–Kier alpha value is -0.780. The molecule has 0 aromatic rings. The molecule has 4 aliphatic rings. The van der Waals surface area contributed by atoms with Crippen LogP contribution < -0.4 is 0 Å². The molecule has 168 valence electrons. The highest BCUT2D eigenvalue weighted by atomic mass is 14.6. The van der Waals surface area contributed by atoms with Crippen LogP contribution >= 0.6 is 0 Å². The molecule has 4 saturated carbocycles. The van der Waals surface area contributed by atoms with E-state index in [1.165, 1.54) is 77.0 Å². The van der Waals surface area contributed by atoms with E-state index in [0.29, 0.717) is 16.2 Å². The van der Waals surface area contributed by atoms with E-state index in [0.717, 1.165) is 29.6 Å². The Bertz CT molecular complexity index is 684. The SMILES string of the molecule is C=CC12CCC3[C@H](CC[C@]4(C)[C@H](C(C)=CC)CCC[C@@H]34)[C@H]1CC[C@](C=C)(CC)CC2. The molecule has 0 aliphatic heterocycles. The normalized spacial score (nSPS) is 49.2. The van der Waals surface area contributed by atoms with Crippen molar-refractivity contribution in [2.75, 3.05) is 0 Å². The van der Waals surface area contributed by atoms with Crippen molar-refractivity contribution in [1.82, 2.24) is 0 Å². The third kappa shape index (κ3) is 3.31. The fourth-order valence-electron chi connectivity index (χ4n) is 9.34. The third-order valence-corrected chi connectivity index (χ3v) is 11.5. The molecule has 8 atom stereocenters. The Morgan fingerprint density at radius 3 is 2.27 bits per heavy atom. The topological polar surface area (TPSA) is 0 Å². The van der Waals surface area contributed by atoms with E-state index in [1.807, 2.05) is 0 Å². The van der Waals surface area contributed by atoms with Gasteiger partial charge in [-0.25, -0.2) is 0 Å². The number of allylic oxidation sites excluding steroid dienone is 4. The Balaban J connectivity index is 1.64. The van der Waals surface area contributed by atoms with Crippen LogP contribution in [0.2, 0.25) is 0 Å². The first-order valence-electron chi connectivity index (χ1n) is 13.3. The Morgan fingerprint density at radius 1 is 0.867 bits per heavy atom. The summed E-state index contributed by atoms with van der Waals surface area (Å²) in [7, 11) is 0. The highest BCUT2D eigenvalue weighted by Gasteiger charge is 2.58. The maximum absolute atomic E-state index is 4.45. The number of rotatable bonds is 4. The zero-order valence-corrected chi connectivity index (χ0v) is 20.5. The summed E-state index contributed by atoms with van der Waals surface area (Å²) in [5.74, 6) is 4.56. The first-order valence-corrected chi connectivity index (χ1v) is 13.3. The lowest BCUT2D eigenvalue weighted by Crippen LogP contribution is -2.54. The second-order valence-corrected chi connectivity index (χ2v) is 12.0. The van der Waals surface area contributed by atoms with Crippen molar-refractivity contribution >= 4 is 0 Å². The lowest BCUT2D eigenvalue weighted by Gasteiger charge is -2.62. The first kappa shape index (κ1) is 22.4. The fourth-order valence-corrected chi connectivity index (χ4v) is 9.34. The van der Waals surface area contributed by atoms with Crippen LogP contribution in [0, 0.1) is 45.8 Å². The van der Waals surface area contributed by atoms with Crippen molar-refractivity contribution in [2.45, 2.75) is 105 Å². The van der Waals surface area contributed by atoms with E-state index in [9.17, 15) is 0 Å². The summed E-state index contributed by atoms with van der Waals surface area (Å²) in [5, 5.41) is 0. The van der Waals surface area contributed by atoms with Crippen molar-refractivity contribution in [1.29, 1.82) is 0 Å². The molecular formula is C30H48. The molecule has 4 aliphatic carbocycles. The molecule has 4 fully saturated rings. The molecular weight excluding hydrogens is 360 g/mol. The molecule has 0 radical (unpaired) electrons. The van der Waals surface area contributed by atoms with Gasteiger partial charge in [0.25, 0.3) is 0 Å². The zero-order chi connectivity index (χ0) is 21.6.